The number of hydrogen-bond acceptors (Lipinski definition) is 4. The van der Waals surface area contributed by atoms with Crippen LogP contribution in [0.5, 0.6) is 0 Å². The van der Waals surface area contributed by atoms with Gasteiger partial charge in [-0.1, -0.05) is 0 Å². The largest absolute Gasteiger partial charge is 0.381 e. The highest BCUT2D eigenvalue weighted by atomic mass is 19.1. The van der Waals surface area contributed by atoms with Gasteiger partial charge >= 0.3 is 0 Å². The van der Waals surface area contributed by atoms with Crippen LogP contribution in [-0.4, -0.2) is 24.1 Å². The van der Waals surface area contributed by atoms with Crippen molar-refractivity contribution >= 4 is 33.7 Å². The zero-order chi connectivity index (χ0) is 17.9. The zero-order valence-corrected chi connectivity index (χ0v) is 14.0. The molecule has 1 aliphatic heterocycles. The van der Waals surface area contributed by atoms with Gasteiger partial charge in [-0.05, 0) is 48.9 Å². The highest BCUT2D eigenvalue weighted by molar-refractivity contribution is 6.07. The Morgan fingerprint density at radius 3 is 2.65 bits per heavy atom. The van der Waals surface area contributed by atoms with Gasteiger partial charge in [0.2, 0.25) is 5.91 Å². The summed E-state index contributed by atoms with van der Waals surface area (Å²) in [5.41, 5.74) is 2.36. The molecule has 1 saturated heterocycles. The molecule has 3 aromatic rings. The topological polar surface area (TPSA) is 63.2 Å². The average Bonchev–Trinajstić information content (AvgIpc) is 3.20. The Kier molecular flexibility index (Phi) is 4.50. The van der Waals surface area contributed by atoms with E-state index in [1.807, 2.05) is 18.2 Å². The van der Waals surface area contributed by atoms with Crippen LogP contribution in [0.2, 0.25) is 0 Å². The molecule has 1 atom stereocenters. The summed E-state index contributed by atoms with van der Waals surface area (Å²) >= 11 is 0. The lowest BCUT2D eigenvalue weighted by Crippen LogP contribution is -2.22. The predicted octanol–water partition coefficient (Wildman–Crippen LogP) is 4.09. The van der Waals surface area contributed by atoms with Crippen LogP contribution in [-0.2, 0) is 9.53 Å². The van der Waals surface area contributed by atoms with E-state index in [0.717, 1.165) is 34.3 Å². The Labute approximate surface area is 150 Å². The number of benzene rings is 2. The van der Waals surface area contributed by atoms with Crippen LogP contribution in [0.15, 0.2) is 54.9 Å². The third kappa shape index (κ3) is 3.36. The van der Waals surface area contributed by atoms with Gasteiger partial charge in [0.1, 0.15) is 5.82 Å². The lowest BCUT2D eigenvalue weighted by atomic mass is 10.1. The standard InChI is InChI=1S/C20H18FN3O2/c21-14-1-3-15(4-2-14)23-18-5-6-19(17-11-22-9-7-16(17)18)24-20(25)13-8-10-26-12-13/h1-7,9,11,13,23H,8,10,12H2,(H,24,25)/t13-/m0/s1. The molecule has 0 saturated carbocycles. The molecular weight excluding hydrogens is 333 g/mol. The van der Waals surface area contributed by atoms with Crippen LogP contribution in [0.1, 0.15) is 6.42 Å². The normalized spacial score (nSPS) is 16.6. The first-order valence-corrected chi connectivity index (χ1v) is 8.48. The summed E-state index contributed by atoms with van der Waals surface area (Å²) in [6, 6.07) is 11.8. The van der Waals surface area contributed by atoms with Gasteiger partial charge in [0.25, 0.3) is 0 Å². The summed E-state index contributed by atoms with van der Waals surface area (Å²) in [6.07, 6.45) is 4.17. The Hall–Kier alpha value is -2.99. The van der Waals surface area contributed by atoms with Crippen molar-refractivity contribution in [3.05, 3.63) is 60.7 Å². The predicted molar refractivity (Wildman–Crippen MR) is 99.0 cm³/mol. The van der Waals surface area contributed by atoms with Gasteiger partial charge < -0.3 is 15.4 Å². The molecule has 26 heavy (non-hydrogen) atoms. The molecule has 6 heteroatoms. The van der Waals surface area contributed by atoms with Crippen molar-refractivity contribution in [1.82, 2.24) is 4.98 Å². The number of ether oxygens (including phenoxy) is 1. The fraction of sp³-hybridized carbons (Fsp3) is 0.200. The Morgan fingerprint density at radius 2 is 1.88 bits per heavy atom. The summed E-state index contributed by atoms with van der Waals surface area (Å²) in [5.74, 6) is -0.427. The molecule has 2 N–H and O–H groups in total. The summed E-state index contributed by atoms with van der Waals surface area (Å²) in [6.45, 7) is 1.09. The molecule has 0 radical (unpaired) electrons. The molecular formula is C20H18FN3O2. The summed E-state index contributed by atoms with van der Waals surface area (Å²) < 4.78 is 18.4. The number of nitrogens with zero attached hydrogens (tertiary/aromatic N) is 1. The number of halogens is 1. The van der Waals surface area contributed by atoms with E-state index in [1.54, 1.807) is 24.5 Å². The van der Waals surface area contributed by atoms with E-state index in [2.05, 4.69) is 15.6 Å². The minimum Gasteiger partial charge on any atom is -0.381 e. The Balaban J connectivity index is 1.64. The van der Waals surface area contributed by atoms with Gasteiger partial charge in [-0.2, -0.15) is 0 Å². The minimum atomic E-state index is -0.279. The van der Waals surface area contributed by atoms with Crippen LogP contribution >= 0.6 is 0 Å². The van der Waals surface area contributed by atoms with E-state index in [9.17, 15) is 9.18 Å². The number of carbonyl (C=O) groups is 1. The monoisotopic (exact) mass is 351 g/mol. The van der Waals surface area contributed by atoms with E-state index in [0.29, 0.717) is 13.2 Å². The quantitative estimate of drug-likeness (QED) is 0.743. The number of rotatable bonds is 4. The molecule has 0 bridgehead atoms. The van der Waals surface area contributed by atoms with Crippen molar-refractivity contribution in [1.29, 1.82) is 0 Å². The van der Waals surface area contributed by atoms with Crippen molar-refractivity contribution in [2.75, 3.05) is 23.8 Å². The van der Waals surface area contributed by atoms with Gasteiger partial charge in [0, 0.05) is 41.1 Å². The molecule has 1 fully saturated rings. The van der Waals surface area contributed by atoms with Gasteiger partial charge in [0.05, 0.1) is 18.2 Å². The first kappa shape index (κ1) is 16.5. The molecule has 0 aliphatic carbocycles. The third-order valence-corrected chi connectivity index (χ3v) is 4.50. The average molecular weight is 351 g/mol. The van der Waals surface area contributed by atoms with Crippen LogP contribution in [0, 0.1) is 11.7 Å². The second kappa shape index (κ2) is 7.09. The number of fused-ring (bicyclic) bond motifs is 1. The first-order chi connectivity index (χ1) is 12.7. The van der Waals surface area contributed by atoms with E-state index in [4.69, 9.17) is 4.74 Å². The lowest BCUT2D eigenvalue weighted by Gasteiger charge is -2.15. The van der Waals surface area contributed by atoms with E-state index >= 15 is 0 Å². The first-order valence-electron chi connectivity index (χ1n) is 8.48. The second-order valence-corrected chi connectivity index (χ2v) is 6.26. The SMILES string of the molecule is O=C(Nc1ccc(Nc2ccc(F)cc2)c2ccncc12)[C@H]1CCOC1. The van der Waals surface area contributed by atoms with Crippen molar-refractivity contribution in [2.24, 2.45) is 5.92 Å². The number of hydrogen-bond donors (Lipinski definition) is 2. The van der Waals surface area contributed by atoms with Crippen molar-refractivity contribution in [2.45, 2.75) is 6.42 Å². The van der Waals surface area contributed by atoms with Crippen molar-refractivity contribution in [3.8, 4) is 0 Å². The highest BCUT2D eigenvalue weighted by Crippen LogP contribution is 2.32. The molecule has 0 spiro atoms. The Bertz CT molecular complexity index is 937. The van der Waals surface area contributed by atoms with Crippen LogP contribution < -0.4 is 10.6 Å². The number of amides is 1. The second-order valence-electron chi connectivity index (χ2n) is 6.26. The fourth-order valence-corrected chi connectivity index (χ4v) is 3.07. The third-order valence-electron chi connectivity index (χ3n) is 4.50. The summed E-state index contributed by atoms with van der Waals surface area (Å²) in [5, 5.41) is 8.03. The van der Waals surface area contributed by atoms with Crippen LogP contribution in [0.4, 0.5) is 21.5 Å². The molecule has 2 heterocycles. The van der Waals surface area contributed by atoms with Crippen molar-refractivity contribution in [3.63, 3.8) is 0 Å². The molecule has 0 unspecified atom stereocenters. The molecule has 4 rings (SSSR count). The Morgan fingerprint density at radius 1 is 1.08 bits per heavy atom. The maximum Gasteiger partial charge on any atom is 0.229 e. The van der Waals surface area contributed by atoms with E-state index in [-0.39, 0.29) is 17.6 Å². The fourth-order valence-electron chi connectivity index (χ4n) is 3.07. The molecule has 1 amide bonds. The maximum absolute atomic E-state index is 13.1. The molecule has 5 nitrogen and oxygen atoms in total. The zero-order valence-electron chi connectivity index (χ0n) is 14.0. The van der Waals surface area contributed by atoms with Gasteiger partial charge in [-0.15, -0.1) is 0 Å². The van der Waals surface area contributed by atoms with Gasteiger partial charge in [-0.25, -0.2) is 4.39 Å². The van der Waals surface area contributed by atoms with E-state index < -0.39 is 0 Å². The van der Waals surface area contributed by atoms with Crippen molar-refractivity contribution < 1.29 is 13.9 Å². The smallest absolute Gasteiger partial charge is 0.229 e. The molecule has 1 aromatic heterocycles. The molecule has 132 valence electrons. The van der Waals surface area contributed by atoms with Crippen LogP contribution in [0.3, 0.4) is 0 Å². The summed E-state index contributed by atoms with van der Waals surface area (Å²) in [7, 11) is 0. The maximum atomic E-state index is 13.1. The number of nitrogens with one attached hydrogen (secondary N) is 2. The summed E-state index contributed by atoms with van der Waals surface area (Å²) in [4.78, 5) is 16.6. The number of carbonyl (C=O) groups excluding carboxylic acids is 1. The lowest BCUT2D eigenvalue weighted by molar-refractivity contribution is -0.119. The van der Waals surface area contributed by atoms with Crippen LogP contribution in [0.25, 0.3) is 10.8 Å². The molecule has 1 aliphatic rings. The van der Waals surface area contributed by atoms with Gasteiger partial charge in [0.15, 0.2) is 0 Å². The number of pyridine rings is 1. The minimum absolute atomic E-state index is 0.0353. The van der Waals surface area contributed by atoms with Gasteiger partial charge in [-0.3, -0.25) is 9.78 Å². The van der Waals surface area contributed by atoms with E-state index in [1.165, 1.54) is 12.1 Å². The number of anilines is 3. The number of aromatic nitrogens is 1. The molecule has 2 aromatic carbocycles. The highest BCUT2D eigenvalue weighted by Gasteiger charge is 2.24.